The number of ether oxygens (including phenoxy) is 5. The molecule has 1 aliphatic heterocycles. The Kier molecular flexibility index (Phi) is 25.1. The minimum atomic E-state index is -1.80. The van der Waals surface area contributed by atoms with Crippen LogP contribution in [0.15, 0.2) is 128 Å². The molecule has 3 aromatic heterocycles. The number of carbonyl (C=O) groups is 4. The van der Waals surface area contributed by atoms with Gasteiger partial charge in [-0.3, -0.25) is 19.9 Å². The maximum absolute atomic E-state index is 14.4. The Morgan fingerprint density at radius 1 is 0.784 bits per heavy atom. The lowest BCUT2D eigenvalue weighted by atomic mass is 9.96. The van der Waals surface area contributed by atoms with E-state index in [9.17, 15) is 49.1 Å². The highest BCUT2D eigenvalue weighted by atomic mass is 35.5. The third-order valence-electron chi connectivity index (χ3n) is 16.2. The quantitative estimate of drug-likeness (QED) is 0.0179. The fraction of sp³-hybridized carbons (Fsp3) is 0.353. The molecule has 512 valence electrons. The predicted molar refractivity (Wildman–Crippen MR) is 358 cm³/mol. The molecule has 8 aromatic rings. The summed E-state index contributed by atoms with van der Waals surface area (Å²) in [7, 11) is 1.58. The van der Waals surface area contributed by atoms with Crippen molar-refractivity contribution in [2.24, 2.45) is 5.92 Å². The second-order valence-electron chi connectivity index (χ2n) is 23.2. The van der Waals surface area contributed by atoms with E-state index in [0.717, 1.165) is 0 Å². The van der Waals surface area contributed by atoms with Crippen molar-refractivity contribution in [3.63, 3.8) is 0 Å². The monoisotopic (exact) mass is 1370 g/mol. The number of aromatic nitrogens is 4. The van der Waals surface area contributed by atoms with Crippen LogP contribution >= 0.6 is 22.9 Å². The van der Waals surface area contributed by atoms with Crippen LogP contribution in [0.4, 0.5) is 14.9 Å². The Bertz CT molecular complexity index is 4020. The van der Waals surface area contributed by atoms with Crippen molar-refractivity contribution in [2.45, 2.75) is 89.9 Å². The SMILES string of the molecule is COc1ccccc1-c1nccc(COc2ccccc2C[C@@H](Oc2ncnc3sc(-c4ccc(F)cc4)c(-c4ccc(OCCN5CCN(C(=O)OCc6ccc(NC(=O)[C@H](C)NC(=O)[C@@H](NC[C@H](O)[C@@H](O)[C@@H](O)[C@H](O)CN[NH+]=[N-])C(C)C)cc6)CC5)c(Cl)c4C)c23)C(=O)O)n1. The van der Waals surface area contributed by atoms with Crippen LogP contribution < -0.4 is 45.5 Å². The average Bonchev–Trinajstić information content (AvgIpc) is 1.61. The van der Waals surface area contributed by atoms with Gasteiger partial charge in [-0.25, -0.2) is 33.9 Å². The van der Waals surface area contributed by atoms with Gasteiger partial charge in [0.05, 0.1) is 47.0 Å². The summed E-state index contributed by atoms with van der Waals surface area (Å²) in [6.07, 6.45) is -5.84. The molecule has 1 fully saturated rings. The van der Waals surface area contributed by atoms with Crippen LogP contribution in [0, 0.1) is 18.7 Å². The molecule has 0 unspecified atom stereocenters. The number of hydrogen-bond acceptors (Lipinski definition) is 20. The fourth-order valence-corrected chi connectivity index (χ4v) is 12.1. The van der Waals surface area contributed by atoms with Crippen LogP contribution in [0.3, 0.4) is 0 Å². The van der Waals surface area contributed by atoms with Crippen molar-refractivity contribution in [1.29, 1.82) is 0 Å². The summed E-state index contributed by atoms with van der Waals surface area (Å²) < 4.78 is 44.6. The van der Waals surface area contributed by atoms with E-state index in [4.69, 9.17) is 45.8 Å². The molecule has 0 saturated carbocycles. The van der Waals surface area contributed by atoms with E-state index < -0.39 is 72.3 Å². The number of aliphatic hydroxyl groups excluding tert-OH is 4. The molecule has 29 heteroatoms. The van der Waals surface area contributed by atoms with Gasteiger partial charge in [-0.05, 0) is 102 Å². The van der Waals surface area contributed by atoms with Gasteiger partial charge in [-0.15, -0.1) is 11.3 Å². The number of anilines is 1. The second-order valence-corrected chi connectivity index (χ2v) is 24.6. The molecule has 1 aliphatic rings. The second kappa shape index (κ2) is 33.9. The van der Waals surface area contributed by atoms with E-state index in [2.05, 4.69) is 41.2 Å². The molecule has 10 N–H and O–H groups in total. The maximum Gasteiger partial charge on any atom is 0.410 e. The number of nitrogens with one attached hydrogen (secondary N) is 5. The summed E-state index contributed by atoms with van der Waals surface area (Å²) >= 11 is 8.47. The number of hydrogen-bond donors (Lipinski definition) is 10. The van der Waals surface area contributed by atoms with E-state index in [-0.39, 0.29) is 51.1 Å². The lowest BCUT2D eigenvalue weighted by molar-refractivity contribution is -0.550. The first-order chi connectivity index (χ1) is 46.7. The third-order valence-corrected chi connectivity index (χ3v) is 17.8. The zero-order valence-electron chi connectivity index (χ0n) is 53.7. The number of piperazine rings is 1. The standard InChI is InChI=1S/C68H76ClFN12O14S/c1-38(2)58(73-33-49(83)59(85)60(86)50(84)34-76-80-71)64(88)77-40(4)63(87)79-45-20-14-41(15-21-45)35-95-68(91)82-28-26-81(27-29-82)30-31-93-53-23-22-47(39(3)57(53)69)55-56-65(74-37-75-66(56)97-61(55)42-16-18-44(70)19-17-42)96-54(67(89)90)32-43-10-6-8-12-51(43)94-36-46-24-25-72-62(78-46)48-11-7-9-13-52(48)92-5/h6-25,37-38,40,49-50,54,58-60,73,80,83-86H,26-36H2,1-5H3,(H4-,71,76,77,79,87,88,89,90)/t40-,49-,50+,54+,58-,59+,60-/m0/s1. The molecule has 26 nitrogen and oxygen atoms in total. The molecular weight excluding hydrogens is 1300 g/mol. The van der Waals surface area contributed by atoms with Crippen molar-refractivity contribution in [3.8, 4) is 56.1 Å². The van der Waals surface area contributed by atoms with Gasteiger partial charge in [-0.1, -0.05) is 86.1 Å². The molecule has 7 atom stereocenters. The topological polar surface area (TPSA) is 358 Å². The van der Waals surface area contributed by atoms with Gasteiger partial charge in [0, 0.05) is 74.6 Å². The molecule has 0 aliphatic carbocycles. The molecule has 97 heavy (non-hydrogen) atoms. The summed E-state index contributed by atoms with van der Waals surface area (Å²) in [4.78, 5) is 76.0. The zero-order chi connectivity index (χ0) is 69.3. The summed E-state index contributed by atoms with van der Waals surface area (Å²) in [5.41, 5.74) is 16.3. The molecule has 0 spiro atoms. The first kappa shape index (κ1) is 71.8. The van der Waals surface area contributed by atoms with Gasteiger partial charge in [0.15, 0.2) is 5.82 Å². The highest BCUT2D eigenvalue weighted by Gasteiger charge is 2.34. The highest BCUT2D eigenvalue weighted by molar-refractivity contribution is 7.22. The number of halogens is 2. The molecule has 3 amide bonds. The number of aliphatic hydroxyl groups is 4. The fourth-order valence-electron chi connectivity index (χ4n) is 10.7. The number of fused-ring (bicyclic) bond motifs is 1. The number of hydrazine groups is 1. The van der Waals surface area contributed by atoms with Gasteiger partial charge in [-0.2, -0.15) is 10.8 Å². The first-order valence-corrected chi connectivity index (χ1v) is 32.3. The number of rotatable bonds is 32. The van der Waals surface area contributed by atoms with E-state index >= 15 is 0 Å². The van der Waals surface area contributed by atoms with Crippen LogP contribution in [0.5, 0.6) is 23.1 Å². The maximum atomic E-state index is 14.4. The lowest BCUT2D eigenvalue weighted by Gasteiger charge is -2.34. The van der Waals surface area contributed by atoms with Crippen molar-refractivity contribution >= 4 is 62.7 Å². The van der Waals surface area contributed by atoms with Gasteiger partial charge in [0.2, 0.25) is 23.8 Å². The number of thiophene rings is 1. The average molecular weight is 1370 g/mol. The highest BCUT2D eigenvalue weighted by Crippen LogP contribution is 2.49. The number of nitrogens with zero attached hydrogens (tertiary/aromatic N) is 7. The summed E-state index contributed by atoms with van der Waals surface area (Å²) in [5, 5.41) is 62.2. The number of carboxylic acids is 1. The number of para-hydroxylation sites is 2. The van der Waals surface area contributed by atoms with Crippen LogP contribution in [0.1, 0.15) is 43.2 Å². The third kappa shape index (κ3) is 18.5. The number of aliphatic carboxylic acids is 1. The Hall–Kier alpha value is -9.52. The van der Waals surface area contributed by atoms with Crippen molar-refractivity contribution in [1.82, 2.24) is 45.8 Å². The molecule has 0 radical (unpaired) electrons. The van der Waals surface area contributed by atoms with Crippen LogP contribution in [-0.2, 0) is 38.8 Å². The smallest absolute Gasteiger partial charge is 0.410 e. The largest absolute Gasteiger partial charge is 0.496 e. The van der Waals surface area contributed by atoms with E-state index in [1.54, 1.807) is 110 Å². The first-order valence-electron chi connectivity index (χ1n) is 31.1. The van der Waals surface area contributed by atoms with Crippen LogP contribution in [0.25, 0.3) is 48.7 Å². The Morgan fingerprint density at radius 3 is 2.19 bits per heavy atom. The van der Waals surface area contributed by atoms with Crippen LogP contribution in [0.2, 0.25) is 5.02 Å². The van der Waals surface area contributed by atoms with Crippen molar-refractivity contribution in [3.05, 3.63) is 167 Å². The van der Waals surface area contributed by atoms with E-state index in [1.807, 2.05) is 37.3 Å². The molecule has 4 heterocycles. The summed E-state index contributed by atoms with van der Waals surface area (Å²) in [5.74, 6) is -1.17. The van der Waals surface area contributed by atoms with Gasteiger partial charge >= 0.3 is 12.1 Å². The van der Waals surface area contributed by atoms with Gasteiger partial charge in [0.1, 0.15) is 72.3 Å². The Labute approximate surface area is 567 Å². The lowest BCUT2D eigenvalue weighted by Crippen LogP contribution is -2.77. The summed E-state index contributed by atoms with van der Waals surface area (Å²) in [6, 6.07) is 30.6. The number of carbonyl (C=O) groups excluding carboxylic acids is 3. The molecular formula is C68H76ClFN12O14S. The number of carboxylic acid groups (broad SMARTS) is 1. The van der Waals surface area contributed by atoms with Gasteiger partial charge < -0.3 is 70.1 Å². The van der Waals surface area contributed by atoms with E-state index in [0.29, 0.717) is 126 Å². The molecule has 1 saturated heterocycles. The minimum absolute atomic E-state index is 0.00785. The zero-order valence-corrected chi connectivity index (χ0v) is 55.3. The minimum Gasteiger partial charge on any atom is -0.496 e. The molecule has 5 aromatic carbocycles. The molecule has 0 bridgehead atoms. The van der Waals surface area contributed by atoms with E-state index in [1.165, 1.54) is 36.7 Å². The number of amides is 3. The number of benzene rings is 5. The Balaban J connectivity index is 0.771. The summed E-state index contributed by atoms with van der Waals surface area (Å²) in [6.45, 7) is 8.80. The van der Waals surface area contributed by atoms with Crippen LogP contribution in [-0.4, -0.2) is 181 Å². The van der Waals surface area contributed by atoms with Crippen molar-refractivity contribution in [2.75, 3.05) is 64.8 Å². The normalized spacial score (nSPS) is 14.7. The van der Waals surface area contributed by atoms with Crippen molar-refractivity contribution < 1.29 is 78.0 Å². The predicted octanol–water partition coefficient (Wildman–Crippen LogP) is 5.69. The van der Waals surface area contributed by atoms with Gasteiger partial charge in [0.25, 0.3) is 0 Å². The Morgan fingerprint density at radius 2 is 1.48 bits per heavy atom. The molecule has 9 rings (SSSR count). The number of methoxy groups -OCH3 is 1.